The van der Waals surface area contributed by atoms with E-state index in [1.807, 2.05) is 0 Å². The molecule has 0 aliphatic carbocycles. The Morgan fingerprint density at radius 2 is 1.92 bits per heavy atom. The summed E-state index contributed by atoms with van der Waals surface area (Å²) in [7, 11) is 1.41. The van der Waals surface area contributed by atoms with Crippen molar-refractivity contribution < 1.29 is 19.7 Å². The van der Waals surface area contributed by atoms with Crippen molar-refractivity contribution in [1.29, 1.82) is 0 Å². The molecule has 1 saturated heterocycles. The summed E-state index contributed by atoms with van der Waals surface area (Å²) >= 11 is 0. The summed E-state index contributed by atoms with van der Waals surface area (Å²) in [6.45, 7) is 1.73. The van der Waals surface area contributed by atoms with Gasteiger partial charge in [-0.1, -0.05) is 0 Å². The third-order valence-electron chi connectivity index (χ3n) is 2.15. The molecule has 0 aromatic carbocycles. The SMILES string of the molecule is CO[C@@H]1O[C@@H](C)[C@H](N)[C@@H](O)[C@H]1O. The Bertz CT molecular complexity index is 150. The van der Waals surface area contributed by atoms with Crippen LogP contribution in [0.25, 0.3) is 0 Å². The number of nitrogens with two attached hydrogens (primary N) is 1. The van der Waals surface area contributed by atoms with Crippen molar-refractivity contribution in [1.82, 2.24) is 0 Å². The van der Waals surface area contributed by atoms with Crippen LogP contribution in [0.15, 0.2) is 0 Å². The van der Waals surface area contributed by atoms with Gasteiger partial charge in [-0.15, -0.1) is 0 Å². The van der Waals surface area contributed by atoms with Gasteiger partial charge in [-0.25, -0.2) is 0 Å². The first kappa shape index (κ1) is 9.88. The van der Waals surface area contributed by atoms with E-state index in [2.05, 4.69) is 0 Å². The summed E-state index contributed by atoms with van der Waals surface area (Å²) in [5.74, 6) is 0. The lowest BCUT2D eigenvalue weighted by molar-refractivity contribution is -0.260. The fraction of sp³-hybridized carbons (Fsp3) is 1.00. The molecule has 0 spiro atoms. The van der Waals surface area contributed by atoms with Gasteiger partial charge in [0.2, 0.25) is 0 Å². The van der Waals surface area contributed by atoms with E-state index in [9.17, 15) is 10.2 Å². The van der Waals surface area contributed by atoms with Crippen LogP contribution < -0.4 is 5.73 Å². The van der Waals surface area contributed by atoms with E-state index in [0.717, 1.165) is 0 Å². The third kappa shape index (κ3) is 1.60. The van der Waals surface area contributed by atoms with E-state index >= 15 is 0 Å². The molecule has 0 saturated carbocycles. The topological polar surface area (TPSA) is 84.9 Å². The van der Waals surface area contributed by atoms with Gasteiger partial charge in [0.15, 0.2) is 6.29 Å². The van der Waals surface area contributed by atoms with Gasteiger partial charge in [0.25, 0.3) is 0 Å². The van der Waals surface area contributed by atoms with Crippen molar-refractivity contribution in [2.75, 3.05) is 7.11 Å². The molecule has 5 heteroatoms. The quantitative estimate of drug-likeness (QED) is 0.450. The summed E-state index contributed by atoms with van der Waals surface area (Å²) in [5, 5.41) is 18.7. The molecule has 1 fully saturated rings. The monoisotopic (exact) mass is 177 g/mol. The van der Waals surface area contributed by atoms with Gasteiger partial charge >= 0.3 is 0 Å². The molecule has 5 nitrogen and oxygen atoms in total. The zero-order chi connectivity index (χ0) is 9.30. The van der Waals surface area contributed by atoms with E-state index in [0.29, 0.717) is 0 Å². The van der Waals surface area contributed by atoms with Crippen LogP contribution >= 0.6 is 0 Å². The van der Waals surface area contributed by atoms with Gasteiger partial charge in [0.05, 0.1) is 12.1 Å². The second-order valence-electron chi connectivity index (χ2n) is 3.00. The number of aliphatic hydroxyl groups is 2. The number of hydrogen-bond acceptors (Lipinski definition) is 5. The van der Waals surface area contributed by atoms with Crippen LogP contribution in [-0.2, 0) is 9.47 Å². The van der Waals surface area contributed by atoms with Crippen LogP contribution in [0.4, 0.5) is 0 Å². The number of hydrogen-bond donors (Lipinski definition) is 3. The van der Waals surface area contributed by atoms with Gasteiger partial charge in [0.1, 0.15) is 12.2 Å². The van der Waals surface area contributed by atoms with Crippen LogP contribution in [-0.4, -0.2) is 48.0 Å². The Balaban J connectivity index is 2.63. The summed E-state index contributed by atoms with van der Waals surface area (Å²) in [4.78, 5) is 0. The number of aliphatic hydroxyl groups excluding tert-OH is 2. The highest BCUT2D eigenvalue weighted by molar-refractivity contribution is 4.89. The first-order valence-electron chi connectivity index (χ1n) is 3.88. The Labute approximate surface area is 71.1 Å². The molecule has 1 aliphatic heterocycles. The lowest BCUT2D eigenvalue weighted by Crippen LogP contribution is -2.60. The van der Waals surface area contributed by atoms with E-state index in [4.69, 9.17) is 15.2 Å². The number of rotatable bonds is 1. The van der Waals surface area contributed by atoms with E-state index in [1.165, 1.54) is 7.11 Å². The minimum Gasteiger partial charge on any atom is -0.388 e. The maximum absolute atomic E-state index is 9.38. The molecule has 0 aromatic heterocycles. The molecule has 1 aliphatic rings. The maximum Gasteiger partial charge on any atom is 0.186 e. The summed E-state index contributed by atoms with van der Waals surface area (Å²) in [5.41, 5.74) is 5.54. The highest BCUT2D eigenvalue weighted by Crippen LogP contribution is 2.19. The molecule has 1 heterocycles. The zero-order valence-corrected chi connectivity index (χ0v) is 7.18. The van der Waals surface area contributed by atoms with Gasteiger partial charge in [-0.3, -0.25) is 0 Å². The van der Waals surface area contributed by atoms with E-state index in [1.54, 1.807) is 6.92 Å². The molecular formula is C7H15NO4. The molecule has 1 rings (SSSR count). The molecule has 0 unspecified atom stereocenters. The minimum atomic E-state index is -1.07. The summed E-state index contributed by atoms with van der Waals surface area (Å²) < 4.78 is 9.98. The molecule has 5 atom stereocenters. The Hall–Kier alpha value is -0.200. The first-order chi connectivity index (χ1) is 5.57. The standard InChI is InChI=1S/C7H15NO4/c1-3-4(8)5(9)6(10)7(11-2)12-3/h3-7,9-10H,8H2,1-2H3/t3-,4-,5+,6+,7+/m0/s1. The maximum atomic E-state index is 9.38. The molecule has 12 heavy (non-hydrogen) atoms. The number of ether oxygens (including phenoxy) is 2. The fourth-order valence-corrected chi connectivity index (χ4v) is 1.24. The van der Waals surface area contributed by atoms with Crippen molar-refractivity contribution >= 4 is 0 Å². The zero-order valence-electron chi connectivity index (χ0n) is 7.18. The van der Waals surface area contributed by atoms with Crippen LogP contribution in [0.1, 0.15) is 6.92 Å². The summed E-state index contributed by atoms with van der Waals surface area (Å²) in [6, 6.07) is -0.564. The third-order valence-corrected chi connectivity index (χ3v) is 2.15. The molecule has 0 bridgehead atoms. The van der Waals surface area contributed by atoms with Gasteiger partial charge in [-0.2, -0.15) is 0 Å². The largest absolute Gasteiger partial charge is 0.388 e. The van der Waals surface area contributed by atoms with Crippen molar-refractivity contribution in [2.24, 2.45) is 5.73 Å². The van der Waals surface area contributed by atoms with Gasteiger partial charge < -0.3 is 25.4 Å². The second kappa shape index (κ2) is 3.68. The van der Waals surface area contributed by atoms with Crippen LogP contribution in [0.5, 0.6) is 0 Å². The van der Waals surface area contributed by atoms with Crippen molar-refractivity contribution in [3.8, 4) is 0 Å². The van der Waals surface area contributed by atoms with Crippen LogP contribution in [0.3, 0.4) is 0 Å². The predicted octanol–water partition coefficient (Wildman–Crippen LogP) is -1.57. The molecule has 0 amide bonds. The highest BCUT2D eigenvalue weighted by atomic mass is 16.7. The lowest BCUT2D eigenvalue weighted by atomic mass is 9.98. The average molecular weight is 177 g/mol. The van der Waals surface area contributed by atoms with Crippen molar-refractivity contribution in [3.63, 3.8) is 0 Å². The average Bonchev–Trinajstić information content (AvgIpc) is 2.08. The highest BCUT2D eigenvalue weighted by Gasteiger charge is 2.40. The molecule has 0 aromatic rings. The van der Waals surface area contributed by atoms with Crippen molar-refractivity contribution in [2.45, 2.75) is 37.6 Å². The smallest absolute Gasteiger partial charge is 0.186 e. The van der Waals surface area contributed by atoms with Crippen LogP contribution in [0.2, 0.25) is 0 Å². The minimum absolute atomic E-state index is 0.312. The Morgan fingerprint density at radius 3 is 2.42 bits per heavy atom. The molecule has 4 N–H and O–H groups in total. The van der Waals surface area contributed by atoms with Gasteiger partial charge in [-0.05, 0) is 6.92 Å². The second-order valence-corrected chi connectivity index (χ2v) is 3.00. The first-order valence-corrected chi connectivity index (χ1v) is 3.88. The lowest BCUT2D eigenvalue weighted by Gasteiger charge is -2.39. The number of methoxy groups -OCH3 is 1. The molecular weight excluding hydrogens is 162 g/mol. The Morgan fingerprint density at radius 1 is 1.33 bits per heavy atom. The van der Waals surface area contributed by atoms with E-state index < -0.39 is 24.5 Å². The Kier molecular flexibility index (Phi) is 3.03. The van der Waals surface area contributed by atoms with E-state index in [-0.39, 0.29) is 6.10 Å². The normalized spacial score (nSPS) is 49.2. The van der Waals surface area contributed by atoms with Gasteiger partial charge in [0, 0.05) is 7.11 Å². The summed E-state index contributed by atoms with van der Waals surface area (Å²) in [6.07, 6.45) is -3.15. The van der Waals surface area contributed by atoms with Crippen LogP contribution in [0, 0.1) is 0 Å². The predicted molar refractivity (Wildman–Crippen MR) is 41.3 cm³/mol. The molecule has 72 valence electrons. The fourth-order valence-electron chi connectivity index (χ4n) is 1.24. The molecule has 0 radical (unpaired) electrons. The van der Waals surface area contributed by atoms with Crippen molar-refractivity contribution in [3.05, 3.63) is 0 Å².